The van der Waals surface area contributed by atoms with E-state index in [0.29, 0.717) is 13.0 Å². The van der Waals surface area contributed by atoms with E-state index in [0.717, 1.165) is 25.8 Å². The Labute approximate surface area is 96.1 Å². The number of nitrogens with one attached hydrogen (secondary N) is 2. The van der Waals surface area contributed by atoms with E-state index in [2.05, 4.69) is 10.6 Å². The molecule has 1 heterocycles. The lowest BCUT2D eigenvalue weighted by atomic mass is 10.0. The Morgan fingerprint density at radius 2 is 2.19 bits per heavy atom. The van der Waals surface area contributed by atoms with Gasteiger partial charge in [0.15, 0.2) is 0 Å². The minimum Gasteiger partial charge on any atom is -0.370 e. The van der Waals surface area contributed by atoms with E-state index in [4.69, 9.17) is 5.73 Å². The summed E-state index contributed by atoms with van der Waals surface area (Å²) in [6, 6.07) is 0.269. The molecule has 1 rings (SSSR count). The maximum atomic E-state index is 11.7. The third kappa shape index (κ3) is 4.18. The van der Waals surface area contributed by atoms with Crippen LogP contribution in [0.5, 0.6) is 0 Å². The fraction of sp³-hybridized carbons (Fsp3) is 0.818. The van der Waals surface area contributed by atoms with E-state index >= 15 is 0 Å². The van der Waals surface area contributed by atoms with E-state index in [9.17, 15) is 9.59 Å². The molecule has 0 bridgehead atoms. The highest BCUT2D eigenvalue weighted by molar-refractivity contribution is 5.79. The van der Waals surface area contributed by atoms with Crippen molar-refractivity contribution in [1.29, 1.82) is 0 Å². The van der Waals surface area contributed by atoms with Gasteiger partial charge in [0.2, 0.25) is 11.8 Å². The van der Waals surface area contributed by atoms with Gasteiger partial charge in [-0.05, 0) is 32.7 Å². The van der Waals surface area contributed by atoms with Crippen molar-refractivity contribution < 1.29 is 9.59 Å². The first-order valence-electron chi connectivity index (χ1n) is 5.90. The molecule has 5 nitrogen and oxygen atoms in total. The minimum atomic E-state index is -0.278. The van der Waals surface area contributed by atoms with Gasteiger partial charge in [0, 0.05) is 19.0 Å². The zero-order valence-corrected chi connectivity index (χ0v) is 9.79. The monoisotopic (exact) mass is 227 g/mol. The van der Waals surface area contributed by atoms with E-state index in [1.807, 2.05) is 6.92 Å². The second kappa shape index (κ2) is 6.48. The van der Waals surface area contributed by atoms with Crippen LogP contribution in [-0.4, -0.2) is 30.9 Å². The van der Waals surface area contributed by atoms with Crippen molar-refractivity contribution in [2.24, 2.45) is 11.7 Å². The molecule has 5 heteroatoms. The lowest BCUT2D eigenvalue weighted by Gasteiger charge is -2.14. The van der Waals surface area contributed by atoms with Gasteiger partial charge in [0.1, 0.15) is 0 Å². The predicted molar refractivity (Wildman–Crippen MR) is 61.6 cm³/mol. The zero-order valence-electron chi connectivity index (χ0n) is 9.79. The molecule has 0 aromatic heterocycles. The lowest BCUT2D eigenvalue weighted by Crippen LogP contribution is -2.37. The van der Waals surface area contributed by atoms with Gasteiger partial charge in [-0.15, -0.1) is 0 Å². The first-order valence-corrected chi connectivity index (χ1v) is 5.90. The highest BCUT2D eigenvalue weighted by atomic mass is 16.2. The topological polar surface area (TPSA) is 84.2 Å². The standard InChI is InChI=1S/C11H21N3O2/c1-8-9(5-7-13-8)11(16)14-6-3-2-4-10(12)15/h8-9,13H,2-7H2,1H3,(H2,12,15)(H,14,16). The number of hydrogen-bond donors (Lipinski definition) is 3. The van der Waals surface area contributed by atoms with Gasteiger partial charge in [0.05, 0.1) is 5.92 Å². The Balaban J connectivity index is 2.08. The Bertz CT molecular complexity index is 256. The third-order valence-electron chi connectivity index (χ3n) is 3.01. The number of primary amides is 1. The van der Waals surface area contributed by atoms with E-state index in [1.165, 1.54) is 0 Å². The molecule has 0 spiro atoms. The van der Waals surface area contributed by atoms with Crippen LogP contribution in [-0.2, 0) is 9.59 Å². The first kappa shape index (κ1) is 13.0. The zero-order chi connectivity index (χ0) is 12.0. The average molecular weight is 227 g/mol. The smallest absolute Gasteiger partial charge is 0.224 e. The molecule has 0 aromatic carbocycles. The number of carbonyl (C=O) groups is 2. The second-order valence-electron chi connectivity index (χ2n) is 4.35. The van der Waals surface area contributed by atoms with Gasteiger partial charge in [0.25, 0.3) is 0 Å². The molecule has 0 aromatic rings. The summed E-state index contributed by atoms with van der Waals surface area (Å²) in [5.41, 5.74) is 5.02. The van der Waals surface area contributed by atoms with Crippen LogP contribution in [0.3, 0.4) is 0 Å². The van der Waals surface area contributed by atoms with Crippen LogP contribution in [0.4, 0.5) is 0 Å². The Morgan fingerprint density at radius 1 is 1.44 bits per heavy atom. The molecule has 1 saturated heterocycles. The minimum absolute atomic E-state index is 0.0936. The number of unbranched alkanes of at least 4 members (excludes halogenated alkanes) is 1. The van der Waals surface area contributed by atoms with Gasteiger partial charge in [-0.1, -0.05) is 0 Å². The largest absolute Gasteiger partial charge is 0.370 e. The summed E-state index contributed by atoms with van der Waals surface area (Å²) in [5.74, 6) is -0.0624. The molecule has 4 N–H and O–H groups in total. The van der Waals surface area contributed by atoms with Crippen LogP contribution >= 0.6 is 0 Å². The summed E-state index contributed by atoms with van der Waals surface area (Å²) >= 11 is 0. The maximum Gasteiger partial charge on any atom is 0.224 e. The summed E-state index contributed by atoms with van der Waals surface area (Å²) in [5, 5.41) is 6.14. The second-order valence-corrected chi connectivity index (χ2v) is 4.35. The summed E-state index contributed by atoms with van der Waals surface area (Å²) < 4.78 is 0. The molecule has 16 heavy (non-hydrogen) atoms. The fourth-order valence-corrected chi connectivity index (χ4v) is 1.98. The molecule has 0 radical (unpaired) electrons. The predicted octanol–water partition coefficient (Wildman–Crippen LogP) is -0.244. The molecule has 1 aliphatic heterocycles. The molecular weight excluding hydrogens is 206 g/mol. The Morgan fingerprint density at radius 3 is 2.75 bits per heavy atom. The van der Waals surface area contributed by atoms with E-state index < -0.39 is 0 Å². The fourth-order valence-electron chi connectivity index (χ4n) is 1.98. The molecular formula is C11H21N3O2. The number of carbonyl (C=O) groups excluding carboxylic acids is 2. The van der Waals surface area contributed by atoms with Gasteiger partial charge in [-0.25, -0.2) is 0 Å². The van der Waals surface area contributed by atoms with E-state index in [-0.39, 0.29) is 23.8 Å². The van der Waals surface area contributed by atoms with E-state index in [1.54, 1.807) is 0 Å². The Kier molecular flexibility index (Phi) is 5.25. The molecule has 2 atom stereocenters. The Hall–Kier alpha value is -1.10. The molecule has 1 aliphatic rings. The highest BCUT2D eigenvalue weighted by Gasteiger charge is 2.28. The van der Waals surface area contributed by atoms with Crippen LogP contribution in [0.2, 0.25) is 0 Å². The lowest BCUT2D eigenvalue weighted by molar-refractivity contribution is -0.125. The summed E-state index contributed by atoms with van der Waals surface area (Å²) in [7, 11) is 0. The van der Waals surface area contributed by atoms with Crippen molar-refractivity contribution in [2.75, 3.05) is 13.1 Å². The van der Waals surface area contributed by atoms with Crippen molar-refractivity contribution in [3.63, 3.8) is 0 Å². The van der Waals surface area contributed by atoms with Crippen LogP contribution in [0.1, 0.15) is 32.6 Å². The highest BCUT2D eigenvalue weighted by Crippen LogP contribution is 2.14. The van der Waals surface area contributed by atoms with Crippen molar-refractivity contribution in [3.05, 3.63) is 0 Å². The normalized spacial score (nSPS) is 24.3. The number of nitrogens with two attached hydrogens (primary N) is 1. The summed E-state index contributed by atoms with van der Waals surface area (Å²) in [4.78, 5) is 22.2. The maximum absolute atomic E-state index is 11.7. The van der Waals surface area contributed by atoms with Crippen molar-refractivity contribution >= 4 is 11.8 Å². The summed E-state index contributed by atoms with van der Waals surface area (Å²) in [6.45, 7) is 3.58. The molecule has 2 unspecified atom stereocenters. The number of rotatable bonds is 6. The van der Waals surface area contributed by atoms with Crippen LogP contribution < -0.4 is 16.4 Å². The molecule has 0 saturated carbocycles. The van der Waals surface area contributed by atoms with Crippen LogP contribution in [0.15, 0.2) is 0 Å². The van der Waals surface area contributed by atoms with Crippen molar-refractivity contribution in [2.45, 2.75) is 38.6 Å². The third-order valence-corrected chi connectivity index (χ3v) is 3.01. The van der Waals surface area contributed by atoms with Crippen molar-refractivity contribution in [3.8, 4) is 0 Å². The van der Waals surface area contributed by atoms with Crippen LogP contribution in [0.25, 0.3) is 0 Å². The molecule has 2 amide bonds. The molecule has 92 valence electrons. The van der Waals surface area contributed by atoms with Crippen LogP contribution in [0, 0.1) is 5.92 Å². The number of hydrogen-bond acceptors (Lipinski definition) is 3. The van der Waals surface area contributed by atoms with Gasteiger partial charge < -0.3 is 16.4 Å². The SMILES string of the molecule is CC1NCCC1C(=O)NCCCCC(N)=O. The molecule has 1 fully saturated rings. The summed E-state index contributed by atoms with van der Waals surface area (Å²) in [6.07, 6.45) is 2.86. The quantitative estimate of drug-likeness (QED) is 0.547. The molecule has 0 aliphatic carbocycles. The van der Waals surface area contributed by atoms with Gasteiger partial charge >= 0.3 is 0 Å². The number of amides is 2. The average Bonchev–Trinajstić information content (AvgIpc) is 2.63. The van der Waals surface area contributed by atoms with Gasteiger partial charge in [-0.2, -0.15) is 0 Å². The van der Waals surface area contributed by atoms with Crippen molar-refractivity contribution in [1.82, 2.24) is 10.6 Å². The van der Waals surface area contributed by atoms with Gasteiger partial charge in [-0.3, -0.25) is 9.59 Å². The first-order chi connectivity index (χ1) is 7.61.